The number of aliphatic hydroxyl groups is 1. The van der Waals surface area contributed by atoms with Crippen LogP contribution < -0.4 is 39.7 Å². The molecule has 29 nitrogen and oxygen atoms in total. The van der Waals surface area contributed by atoms with E-state index in [1.54, 1.807) is 116 Å². The molecule has 39 heteroatoms. The Labute approximate surface area is 879 Å². The Morgan fingerprint density at radius 2 is 0.912 bits per heavy atom. The van der Waals surface area contributed by atoms with Crippen molar-refractivity contribution in [3.8, 4) is 44.8 Å². The predicted molar refractivity (Wildman–Crippen MR) is 590 cm³/mol. The highest BCUT2D eigenvalue weighted by atomic mass is 35.5. The molecule has 4 fully saturated rings. The Morgan fingerprint density at radius 1 is 0.476 bits per heavy atom. The number of piperidine rings is 2. The van der Waals surface area contributed by atoms with Crippen LogP contribution in [0, 0.1) is 39.4 Å². The molecule has 0 radical (unpaired) electrons. The van der Waals surface area contributed by atoms with Gasteiger partial charge in [-0.05, 0) is 297 Å². The summed E-state index contributed by atoms with van der Waals surface area (Å²) < 4.78 is 140. The quantitative estimate of drug-likeness (QED) is 0.00981. The fourth-order valence-corrected chi connectivity index (χ4v) is 25.8. The number of sulfone groups is 1. The molecule has 4 aliphatic rings. The molecule has 0 bridgehead atoms. The number of nitrogens with zero attached hydrogens (tertiary/aromatic N) is 8. The summed E-state index contributed by atoms with van der Waals surface area (Å²) in [4.78, 5) is 79.6. The SMILES string of the molecule is CCn1c(C)c(C(=O)OCP(=O)(O)O)c(-c2cccc(N3CCN(c4ccc(NS(=O)(=O)c5ccc(N[C@H](CCN6CCC(O)CC6)CSc6ccccc6)c(C)c5)cc4)CC3)c2)c1-c1ccc(Cl)cc1.Cc1cc(S(=O)(=O)Nc2ccc(N3CCN(c4cc(F)cc(-c5c(S(C)(=O)=O)c(C)n(C(C)C)c5-c5ccc(Cl)cc5)c4)CC3)cc2)ccc1N[C@H](CCN1CCC(C(=O)OCP(=O)(O)O)CC1)CSc1ccccc1. The van der Waals surface area contributed by atoms with Gasteiger partial charge in [0, 0.05) is 209 Å². The summed E-state index contributed by atoms with van der Waals surface area (Å²) in [6.45, 7) is 23.7. The molecule has 147 heavy (non-hydrogen) atoms. The van der Waals surface area contributed by atoms with Crippen LogP contribution in [0.1, 0.15) is 98.2 Å². The van der Waals surface area contributed by atoms with Gasteiger partial charge in [0.2, 0.25) is 0 Å². The number of hydrogen-bond acceptors (Lipinski definition) is 23. The van der Waals surface area contributed by atoms with Gasteiger partial charge in [-0.3, -0.25) is 23.4 Å². The van der Waals surface area contributed by atoms with E-state index in [4.69, 9.17) is 42.5 Å². The Kier molecular flexibility index (Phi) is 36.8. The Balaban J connectivity index is 0.000000221. The van der Waals surface area contributed by atoms with Gasteiger partial charge < -0.3 is 83.3 Å². The van der Waals surface area contributed by atoms with Crippen molar-refractivity contribution in [1.82, 2.24) is 18.9 Å². The first-order valence-corrected chi connectivity index (χ1v) is 60.3. The van der Waals surface area contributed by atoms with Gasteiger partial charge >= 0.3 is 27.1 Å². The highest BCUT2D eigenvalue weighted by Crippen LogP contribution is 2.48. The summed E-state index contributed by atoms with van der Waals surface area (Å²) in [5.41, 5.74) is 14.3. The fourth-order valence-electron chi connectivity index (χ4n) is 19.5. The molecular weight excluding hydrogens is 2050 g/mol. The second-order valence-electron chi connectivity index (χ2n) is 38.0. The zero-order valence-corrected chi connectivity index (χ0v) is 90.7. The van der Waals surface area contributed by atoms with Crippen molar-refractivity contribution >= 4 is 149 Å². The zero-order valence-electron chi connectivity index (χ0n) is 83.4. The first-order valence-electron chi connectivity index (χ1n) is 49.1. The van der Waals surface area contributed by atoms with E-state index >= 15 is 4.39 Å². The molecule has 4 saturated heterocycles. The summed E-state index contributed by atoms with van der Waals surface area (Å²) in [5.74, 6) is -0.700. The number of aryl methyl sites for hydroxylation is 2. The second-order valence-corrected chi connectivity index (χ2v) is 49.5. The van der Waals surface area contributed by atoms with Crippen LogP contribution >= 0.6 is 61.9 Å². The van der Waals surface area contributed by atoms with Crippen molar-refractivity contribution in [2.24, 2.45) is 5.92 Å². The largest absolute Gasteiger partial charge is 0.452 e. The van der Waals surface area contributed by atoms with Gasteiger partial charge in [0.05, 0.1) is 43.7 Å². The van der Waals surface area contributed by atoms with Crippen LogP contribution in [0.25, 0.3) is 44.8 Å². The maximum absolute atomic E-state index is 15.8. The number of anilines is 8. The normalized spacial score (nSPS) is 15.5. The van der Waals surface area contributed by atoms with Gasteiger partial charge in [0.25, 0.3) is 20.0 Å². The van der Waals surface area contributed by atoms with Crippen LogP contribution in [0.15, 0.2) is 261 Å². The topological polar surface area (TPSA) is 368 Å². The highest BCUT2D eigenvalue weighted by Gasteiger charge is 2.36. The van der Waals surface area contributed by atoms with Crippen molar-refractivity contribution in [1.29, 1.82) is 0 Å². The number of ether oxygens (including phenoxy) is 2. The molecule has 782 valence electrons. The Bertz CT molecular complexity index is 7070. The van der Waals surface area contributed by atoms with E-state index in [1.807, 2.05) is 165 Å². The van der Waals surface area contributed by atoms with Gasteiger partial charge in [-0.15, -0.1) is 23.5 Å². The number of sulfonamides is 2. The predicted octanol–water partition coefficient (Wildman–Crippen LogP) is 20.6. The minimum atomic E-state index is -4.62. The fraction of sp³-hybridized carbons (Fsp3) is 0.352. The summed E-state index contributed by atoms with van der Waals surface area (Å²) in [7, 11) is -20.7. The van der Waals surface area contributed by atoms with Gasteiger partial charge in [0.1, 0.15) is 5.82 Å². The zero-order chi connectivity index (χ0) is 105. The molecule has 10 aromatic carbocycles. The first-order chi connectivity index (χ1) is 70.1. The molecule has 16 rings (SSSR count). The smallest absolute Gasteiger partial charge is 0.362 e. The number of piperazine rings is 2. The van der Waals surface area contributed by atoms with E-state index in [0.717, 1.165) is 130 Å². The monoisotopic (exact) mass is 2170 g/mol. The molecule has 2 aromatic heterocycles. The second kappa shape index (κ2) is 49.0. The number of hydrogen-bond donors (Lipinski definition) is 9. The maximum Gasteiger partial charge on any atom is 0.362 e. The van der Waals surface area contributed by atoms with E-state index in [-0.39, 0.29) is 44.5 Å². The standard InChI is InChI=1S/C55H65ClFN6O9PS3.C53H62ClN6O8PS2/c1-37(2)63-39(4)54(75(5,68)69)52(53(63)40-11-13-43(56)14-12-40)42-32-44(57)34-48(33-42)62-29-27-61(28-30-62)47-17-15-45(16-18-47)59-76(70,71)50-19-20-51(38(3)31-50)58-46(35-74-49-9-7-6-8-10-49)23-26-60-24-21-41(22-25-60)55(64)72-36-73(65,66)67;1-4-60-38(3)50(53(62)68-36-69(63,64)65)51(52(60)39-13-15-41(54)16-14-39)40-9-8-10-45(34-40)59-31-29-58(30-32-59)44-19-17-42(18-20-44)56-71(66,67)48-21-22-49(37(2)33-48)55-43(35-70-47-11-6-5-7-12-47)23-26-57-27-24-46(61)25-28-57/h6-20,31-34,37,41,46,58-59H,21-30,35-36H2,1-5H3,(H2,65,66,67);5-22,33-34,43,46,55-56,61H,4,23-32,35-36H2,1-3H3,(H2,63,64,65)/t46-;43-/m11/s1. The lowest BCUT2D eigenvalue weighted by Gasteiger charge is -2.37. The van der Waals surface area contributed by atoms with Gasteiger partial charge in [-0.2, -0.15) is 0 Å². The number of aromatic nitrogens is 2. The van der Waals surface area contributed by atoms with Crippen molar-refractivity contribution in [2.75, 3.05) is 162 Å². The molecule has 0 unspecified atom stereocenters. The van der Waals surface area contributed by atoms with Crippen LogP contribution in [0.4, 0.5) is 49.9 Å². The number of rotatable bonds is 39. The van der Waals surface area contributed by atoms with E-state index in [2.05, 4.69) is 73.7 Å². The van der Waals surface area contributed by atoms with Gasteiger partial charge in [-0.1, -0.05) is 96.0 Å². The number of thioether (sulfide) groups is 2. The van der Waals surface area contributed by atoms with Crippen LogP contribution in [0.5, 0.6) is 0 Å². The number of carbonyl (C=O) groups is 2. The number of carbonyl (C=O) groups excluding carboxylic acids is 2. The lowest BCUT2D eigenvalue weighted by atomic mass is 9.96. The van der Waals surface area contributed by atoms with E-state index in [1.165, 1.54) is 23.3 Å². The maximum atomic E-state index is 15.8. The first kappa shape index (κ1) is 110. The summed E-state index contributed by atoms with van der Waals surface area (Å²) in [6.07, 6.45) is 3.38. The van der Waals surface area contributed by atoms with E-state index in [9.17, 15) is 58.9 Å². The molecule has 0 aliphatic carbocycles. The summed E-state index contributed by atoms with van der Waals surface area (Å²) in [6, 6.07) is 72.6. The third-order valence-corrected chi connectivity index (χ3v) is 34.8. The molecule has 2 atom stereocenters. The lowest BCUT2D eigenvalue weighted by Crippen LogP contribution is -2.46. The number of aliphatic hydroxyl groups excluding tert-OH is 1. The van der Waals surface area contributed by atoms with Gasteiger partial charge in [0.15, 0.2) is 22.5 Å². The average Bonchev–Trinajstić information content (AvgIpc) is 1.58. The molecule has 0 amide bonds. The van der Waals surface area contributed by atoms with Crippen LogP contribution in [0.3, 0.4) is 0 Å². The van der Waals surface area contributed by atoms with Crippen LogP contribution in [0.2, 0.25) is 10.0 Å². The summed E-state index contributed by atoms with van der Waals surface area (Å²) >= 11 is 16.1. The Hall–Kier alpha value is -10.7. The number of likely N-dealkylation sites (tertiary alicyclic amines) is 2. The van der Waals surface area contributed by atoms with Crippen molar-refractivity contribution in [3.05, 3.63) is 281 Å². The third-order valence-electron chi connectivity index (χ3n) is 27.1. The number of esters is 2. The number of nitrogens with one attached hydrogen (secondary N) is 4. The molecular formula is C108H127Cl2FN12O17P2S5. The van der Waals surface area contributed by atoms with Crippen molar-refractivity contribution in [2.45, 2.75) is 142 Å². The van der Waals surface area contributed by atoms with Crippen LogP contribution in [-0.2, 0) is 59.8 Å². The highest BCUT2D eigenvalue weighted by molar-refractivity contribution is 7.99. The number of benzene rings is 10. The molecule has 12 aromatic rings. The third kappa shape index (κ3) is 29.1. The van der Waals surface area contributed by atoms with Crippen molar-refractivity contribution in [3.63, 3.8) is 0 Å². The van der Waals surface area contributed by atoms with Crippen LogP contribution in [-0.4, -0.2) is 221 Å². The average molecular weight is 2180 g/mol. The van der Waals surface area contributed by atoms with Crippen molar-refractivity contribution < 1.29 is 82.5 Å². The molecule has 0 saturated carbocycles. The summed E-state index contributed by atoms with van der Waals surface area (Å²) in [5, 5.41) is 18.5. The minimum absolute atomic E-state index is 0.0103. The molecule has 6 heterocycles. The minimum Gasteiger partial charge on any atom is -0.452 e. The lowest BCUT2D eigenvalue weighted by molar-refractivity contribution is -0.148. The molecule has 4 aliphatic heterocycles. The molecule has 0 spiro atoms. The molecule has 9 N–H and O–H groups in total. The van der Waals surface area contributed by atoms with E-state index < -0.39 is 81.4 Å². The van der Waals surface area contributed by atoms with Gasteiger partial charge in [-0.25, -0.2) is 34.4 Å². The van der Waals surface area contributed by atoms with E-state index in [0.29, 0.717) is 146 Å². The number of halogens is 3. The Morgan fingerprint density at radius 3 is 1.35 bits per heavy atom.